The van der Waals surface area contributed by atoms with E-state index >= 15 is 0 Å². The van der Waals surface area contributed by atoms with Crippen LogP contribution >= 0.6 is 0 Å². The van der Waals surface area contributed by atoms with E-state index in [0.29, 0.717) is 5.92 Å². The van der Waals surface area contributed by atoms with Gasteiger partial charge in [-0.3, -0.25) is 6.08 Å². The fraction of sp³-hybridized carbons (Fsp3) is 0.222. The fourth-order valence-electron chi connectivity index (χ4n) is 3.38. The summed E-state index contributed by atoms with van der Waals surface area (Å²) >= 11 is 1.36. The molecule has 0 aromatic heterocycles. The van der Waals surface area contributed by atoms with Crippen LogP contribution < -0.4 is 0 Å². The number of rotatable bonds is 1. The van der Waals surface area contributed by atoms with Crippen molar-refractivity contribution in [3.63, 3.8) is 0 Å². The summed E-state index contributed by atoms with van der Waals surface area (Å²) in [5, 5.41) is 2.66. The first kappa shape index (κ1) is 27.6. The number of allylic oxidation sites excluding steroid dienone is 4. The van der Waals surface area contributed by atoms with Crippen molar-refractivity contribution < 1.29 is 23.3 Å². The Morgan fingerprint density at radius 3 is 2.10 bits per heavy atom. The summed E-state index contributed by atoms with van der Waals surface area (Å²) < 4.78 is 0. The van der Waals surface area contributed by atoms with Crippen LogP contribution in [0.3, 0.4) is 0 Å². The molecule has 2 heteroatoms. The van der Waals surface area contributed by atoms with Crippen LogP contribution in [0, 0.1) is 33.8 Å². The molecular formula is C27H32SiZr-4. The van der Waals surface area contributed by atoms with Crippen LogP contribution in [-0.4, -0.2) is 6.88 Å². The molecular weight excluding hydrogens is 444 g/mol. The number of aryl methyl sites for hydroxylation is 1. The topological polar surface area (TPSA) is 0 Å². The van der Waals surface area contributed by atoms with Gasteiger partial charge in [-0.2, -0.15) is 11.1 Å². The first-order valence-corrected chi connectivity index (χ1v) is 13.4. The molecule has 3 aromatic rings. The van der Waals surface area contributed by atoms with Gasteiger partial charge < -0.3 is 14.9 Å². The van der Waals surface area contributed by atoms with Gasteiger partial charge in [-0.05, 0) is 6.92 Å². The molecule has 3 aromatic carbocycles. The molecule has 2 radical (unpaired) electrons. The van der Waals surface area contributed by atoms with Crippen molar-refractivity contribution in [2.45, 2.75) is 34.6 Å². The minimum atomic E-state index is 0. The molecule has 0 aliphatic heterocycles. The molecule has 0 fully saturated rings. The monoisotopic (exact) mass is 474 g/mol. The Hall–Kier alpha value is -1.37. The molecule has 1 aliphatic rings. The summed E-state index contributed by atoms with van der Waals surface area (Å²) in [6.07, 6.45) is 3.36. The second-order valence-corrected chi connectivity index (χ2v) is 7.00. The van der Waals surface area contributed by atoms with Gasteiger partial charge in [0, 0.05) is 0 Å². The van der Waals surface area contributed by atoms with Crippen LogP contribution in [0.25, 0.3) is 21.9 Å². The Balaban J connectivity index is 0.000000524. The van der Waals surface area contributed by atoms with Crippen molar-refractivity contribution in [3.05, 3.63) is 104 Å². The molecule has 1 aliphatic carbocycles. The third-order valence-corrected chi connectivity index (χ3v) is 5.25. The molecule has 152 valence electrons. The summed E-state index contributed by atoms with van der Waals surface area (Å²) in [5.74, 6) is 0.560. The van der Waals surface area contributed by atoms with E-state index in [4.69, 9.17) is 0 Å². The summed E-state index contributed by atoms with van der Waals surface area (Å²) in [7, 11) is 0. The summed E-state index contributed by atoms with van der Waals surface area (Å²) in [6, 6.07) is 21.6. The fourth-order valence-corrected chi connectivity index (χ4v) is 3.38. The van der Waals surface area contributed by atoms with Gasteiger partial charge in [-0.25, -0.2) is 5.57 Å². The zero-order chi connectivity index (χ0) is 20.0. The van der Waals surface area contributed by atoms with E-state index in [0.717, 1.165) is 0 Å². The molecule has 1 unspecified atom stereocenters. The summed E-state index contributed by atoms with van der Waals surface area (Å²) in [5.41, 5.74) is 8.19. The molecule has 1 atom stereocenters. The predicted molar refractivity (Wildman–Crippen MR) is 128 cm³/mol. The van der Waals surface area contributed by atoms with Gasteiger partial charge in [-0.15, -0.1) is 53.6 Å². The third-order valence-electron chi connectivity index (χ3n) is 5.25. The van der Waals surface area contributed by atoms with E-state index in [1.165, 1.54) is 67.5 Å². The Kier molecular flexibility index (Phi) is 12.4. The van der Waals surface area contributed by atoms with Crippen molar-refractivity contribution in [2.24, 2.45) is 5.92 Å². The molecule has 0 saturated heterocycles. The number of hydrogen-bond acceptors (Lipinski definition) is 0. The van der Waals surface area contributed by atoms with Crippen molar-refractivity contribution in [1.82, 2.24) is 0 Å². The number of fused-ring (bicyclic) bond motifs is 1. The predicted octanol–water partition coefficient (Wildman–Crippen LogP) is 7.77. The molecule has 0 N–H and O–H groups in total. The van der Waals surface area contributed by atoms with Gasteiger partial charge >= 0.3 is 30.2 Å². The van der Waals surface area contributed by atoms with E-state index in [1.807, 2.05) is 0 Å². The number of benzene rings is 2. The standard InChI is InChI=1S/C16H13.C9H13.2CH3.Si.Zr/c1-12-5-4-7-14(11-12)16-10-9-13-6-2-3-8-15(13)16;1-6-5-7(2)9(4)8(6)3;;;;/h2-11H,1H3;6H,1-4H3;2*1H3;;/q4*-1;;. The van der Waals surface area contributed by atoms with Crippen LogP contribution in [0.4, 0.5) is 0 Å². The molecule has 0 saturated carbocycles. The van der Waals surface area contributed by atoms with Crippen LogP contribution in [-0.2, 0) is 23.3 Å². The Morgan fingerprint density at radius 2 is 1.59 bits per heavy atom. The summed E-state index contributed by atoms with van der Waals surface area (Å²) in [6.45, 7) is 13.9. The first-order chi connectivity index (χ1) is 13.0. The van der Waals surface area contributed by atoms with Crippen molar-refractivity contribution in [1.29, 1.82) is 0 Å². The average molecular weight is 476 g/mol. The van der Waals surface area contributed by atoms with Crippen LogP contribution in [0.1, 0.15) is 33.3 Å². The molecule has 0 bridgehead atoms. The second kappa shape index (κ2) is 13.0. The normalized spacial score (nSPS) is 14.5. The van der Waals surface area contributed by atoms with Crippen LogP contribution in [0.5, 0.6) is 0 Å². The van der Waals surface area contributed by atoms with Crippen molar-refractivity contribution >= 4 is 17.7 Å². The van der Waals surface area contributed by atoms with Gasteiger partial charge in [0.25, 0.3) is 0 Å². The van der Waals surface area contributed by atoms with E-state index in [2.05, 4.69) is 108 Å². The Morgan fingerprint density at radius 1 is 0.931 bits per heavy atom. The van der Waals surface area contributed by atoms with Gasteiger partial charge in [0.2, 0.25) is 0 Å². The van der Waals surface area contributed by atoms with E-state index in [9.17, 15) is 0 Å². The molecule has 29 heavy (non-hydrogen) atoms. The number of hydrogen-bond donors (Lipinski definition) is 0. The van der Waals surface area contributed by atoms with Crippen LogP contribution in [0.2, 0.25) is 0 Å². The Labute approximate surface area is 195 Å². The van der Waals surface area contributed by atoms with Crippen molar-refractivity contribution in [2.75, 3.05) is 0 Å². The molecule has 0 nitrogen and oxygen atoms in total. The molecule has 0 heterocycles. The zero-order valence-corrected chi connectivity index (χ0v) is 22.3. The van der Waals surface area contributed by atoms with E-state index < -0.39 is 0 Å². The summed E-state index contributed by atoms with van der Waals surface area (Å²) in [4.78, 5) is 0. The first-order valence-electron chi connectivity index (χ1n) is 9.21. The van der Waals surface area contributed by atoms with E-state index in [-0.39, 0.29) is 14.9 Å². The zero-order valence-electron chi connectivity index (χ0n) is 18.9. The molecule has 4 rings (SSSR count). The van der Waals surface area contributed by atoms with Gasteiger partial charge in [0.1, 0.15) is 0 Å². The van der Waals surface area contributed by atoms with Crippen molar-refractivity contribution in [3.8, 4) is 11.1 Å². The van der Waals surface area contributed by atoms with Gasteiger partial charge in [0.05, 0.1) is 0 Å². The minimum absolute atomic E-state index is 0. The average Bonchev–Trinajstić information content (AvgIpc) is 3.21. The maximum atomic E-state index is 3.36. The van der Waals surface area contributed by atoms with E-state index in [1.54, 1.807) is 0 Å². The molecule has 0 amide bonds. The maximum absolute atomic E-state index is 3.36. The quantitative estimate of drug-likeness (QED) is 0.249. The third kappa shape index (κ3) is 6.83. The van der Waals surface area contributed by atoms with Crippen LogP contribution in [0.15, 0.2) is 77.4 Å². The Bertz CT molecular complexity index is 975. The SMILES string of the molecule is CC1=[C-]C(C)C(C)=C1C.Cc1cccc(-c2c[cH-]c3ccccc23)c1.[CH3-].[CH3-].[Si]=[Zr]. The second-order valence-electron chi connectivity index (χ2n) is 7.00. The van der Waals surface area contributed by atoms with Gasteiger partial charge in [-0.1, -0.05) is 68.1 Å². The molecule has 0 spiro atoms. The van der Waals surface area contributed by atoms with Gasteiger partial charge in [0.15, 0.2) is 0 Å².